The van der Waals surface area contributed by atoms with Crippen molar-refractivity contribution in [2.45, 2.75) is 39.7 Å². The first kappa shape index (κ1) is 17.1. The molecule has 6 nitrogen and oxygen atoms in total. The first-order chi connectivity index (χ1) is 9.59. The molecule has 0 bridgehead atoms. The Morgan fingerprint density at radius 3 is 2.57 bits per heavy atom. The Bertz CT molecular complexity index is 570. The normalized spacial score (nSPS) is 12.2. The Morgan fingerprint density at radius 1 is 1.48 bits per heavy atom. The molecule has 0 aliphatic heterocycles. The molecule has 1 heterocycles. The van der Waals surface area contributed by atoms with Crippen LogP contribution in [0.4, 0.5) is 14.6 Å². The van der Waals surface area contributed by atoms with Crippen molar-refractivity contribution in [2.75, 3.05) is 11.9 Å². The summed E-state index contributed by atoms with van der Waals surface area (Å²) in [4.78, 5) is 26.0. The van der Waals surface area contributed by atoms with Crippen LogP contribution < -0.4 is 10.9 Å². The summed E-state index contributed by atoms with van der Waals surface area (Å²) in [5, 5.41) is 11.3. The fourth-order valence-electron chi connectivity index (χ4n) is 1.71. The van der Waals surface area contributed by atoms with Crippen LogP contribution in [0.2, 0.25) is 0 Å². The van der Waals surface area contributed by atoms with Gasteiger partial charge in [-0.1, -0.05) is 20.8 Å². The zero-order chi connectivity index (χ0) is 16.3. The lowest BCUT2D eigenvalue weighted by Gasteiger charge is -2.33. The quantitative estimate of drug-likeness (QED) is 0.802. The topological polar surface area (TPSA) is 84.2 Å². The van der Waals surface area contributed by atoms with Crippen LogP contribution in [0.1, 0.15) is 27.2 Å². The largest absolute Gasteiger partial charge is 0.480 e. The highest BCUT2D eigenvalue weighted by molar-refractivity contribution is 5.66. The van der Waals surface area contributed by atoms with Crippen molar-refractivity contribution in [2.24, 2.45) is 5.41 Å². The summed E-state index contributed by atoms with van der Waals surface area (Å²) < 4.78 is 28.4. The Balaban J connectivity index is 2.79. The summed E-state index contributed by atoms with van der Waals surface area (Å²) in [6, 6.07) is 1.09. The monoisotopic (exact) mass is 303 g/mol. The molecule has 0 atom stereocenters. The molecular formula is C13H19F2N3O3. The second kappa shape index (κ2) is 6.19. The fourth-order valence-corrected chi connectivity index (χ4v) is 1.71. The van der Waals surface area contributed by atoms with Gasteiger partial charge in [0.15, 0.2) is 0 Å². The number of halogens is 2. The number of alkyl halides is 2. The molecule has 0 saturated heterocycles. The van der Waals surface area contributed by atoms with E-state index in [4.69, 9.17) is 5.11 Å². The molecule has 21 heavy (non-hydrogen) atoms. The lowest BCUT2D eigenvalue weighted by molar-refractivity contribution is -0.137. The Kier molecular flexibility index (Phi) is 5.03. The lowest BCUT2D eigenvalue weighted by atomic mass is 9.84. The summed E-state index contributed by atoms with van der Waals surface area (Å²) in [7, 11) is 0. The van der Waals surface area contributed by atoms with E-state index in [1.807, 2.05) is 0 Å². The SMILES string of the molecule is CCC(F)(F)C(C)(C)CNc1cc(=O)n(CC(=O)O)cn1. The molecule has 2 N–H and O–H groups in total. The van der Waals surface area contributed by atoms with Gasteiger partial charge in [0, 0.05) is 24.4 Å². The van der Waals surface area contributed by atoms with Gasteiger partial charge < -0.3 is 10.4 Å². The van der Waals surface area contributed by atoms with Gasteiger partial charge in [-0.25, -0.2) is 13.8 Å². The maximum Gasteiger partial charge on any atom is 0.323 e. The van der Waals surface area contributed by atoms with Crippen LogP contribution in [-0.2, 0) is 11.3 Å². The number of nitrogens with one attached hydrogen (secondary N) is 1. The minimum atomic E-state index is -2.85. The van der Waals surface area contributed by atoms with Crippen molar-refractivity contribution < 1.29 is 18.7 Å². The predicted octanol–water partition coefficient (Wildman–Crippen LogP) is 1.81. The molecular weight excluding hydrogens is 284 g/mol. The zero-order valence-corrected chi connectivity index (χ0v) is 12.2. The summed E-state index contributed by atoms with van der Waals surface area (Å²) in [6.07, 6.45) is 0.791. The third-order valence-corrected chi connectivity index (χ3v) is 3.33. The van der Waals surface area contributed by atoms with Crippen LogP contribution in [0.3, 0.4) is 0 Å². The molecule has 1 aromatic rings. The first-order valence-corrected chi connectivity index (χ1v) is 6.49. The van der Waals surface area contributed by atoms with Crippen LogP contribution in [0.15, 0.2) is 17.2 Å². The van der Waals surface area contributed by atoms with Crippen LogP contribution in [0, 0.1) is 5.41 Å². The number of aliphatic carboxylic acids is 1. The van der Waals surface area contributed by atoms with E-state index < -0.39 is 29.4 Å². The number of nitrogens with zero attached hydrogens (tertiary/aromatic N) is 2. The van der Waals surface area contributed by atoms with Gasteiger partial charge in [0.1, 0.15) is 18.7 Å². The molecule has 0 aliphatic carbocycles. The maximum absolute atomic E-state index is 13.7. The van der Waals surface area contributed by atoms with E-state index in [0.29, 0.717) is 0 Å². The van der Waals surface area contributed by atoms with Gasteiger partial charge in [0.05, 0.1) is 0 Å². The van der Waals surface area contributed by atoms with Gasteiger partial charge >= 0.3 is 5.97 Å². The molecule has 1 aromatic heterocycles. The lowest BCUT2D eigenvalue weighted by Crippen LogP contribution is -2.41. The number of carboxylic acid groups (broad SMARTS) is 1. The smallest absolute Gasteiger partial charge is 0.323 e. The van der Waals surface area contributed by atoms with E-state index in [2.05, 4.69) is 10.3 Å². The van der Waals surface area contributed by atoms with Gasteiger partial charge in [0.2, 0.25) is 0 Å². The predicted molar refractivity (Wildman–Crippen MR) is 73.6 cm³/mol. The van der Waals surface area contributed by atoms with E-state index in [9.17, 15) is 18.4 Å². The van der Waals surface area contributed by atoms with Crippen molar-refractivity contribution in [1.29, 1.82) is 0 Å². The van der Waals surface area contributed by atoms with Gasteiger partial charge in [-0.05, 0) is 0 Å². The third kappa shape index (κ3) is 4.24. The van der Waals surface area contributed by atoms with E-state index in [-0.39, 0.29) is 18.8 Å². The summed E-state index contributed by atoms with van der Waals surface area (Å²) in [5.74, 6) is -3.87. The molecule has 0 radical (unpaired) electrons. The van der Waals surface area contributed by atoms with E-state index in [1.54, 1.807) is 0 Å². The molecule has 0 unspecified atom stereocenters. The number of carbonyl (C=O) groups is 1. The number of rotatable bonds is 7. The highest BCUT2D eigenvalue weighted by atomic mass is 19.3. The van der Waals surface area contributed by atoms with Crippen molar-refractivity contribution in [3.63, 3.8) is 0 Å². The Hall–Kier alpha value is -1.99. The summed E-state index contributed by atoms with van der Waals surface area (Å²) in [6.45, 7) is 3.70. The number of hydrogen-bond donors (Lipinski definition) is 2. The molecule has 8 heteroatoms. The fraction of sp³-hybridized carbons (Fsp3) is 0.615. The second-order valence-corrected chi connectivity index (χ2v) is 5.43. The molecule has 1 rings (SSSR count). The van der Waals surface area contributed by atoms with E-state index in [0.717, 1.165) is 17.0 Å². The first-order valence-electron chi connectivity index (χ1n) is 6.49. The highest BCUT2D eigenvalue weighted by Gasteiger charge is 2.44. The van der Waals surface area contributed by atoms with Gasteiger partial charge in [0.25, 0.3) is 11.5 Å². The molecule has 0 saturated carbocycles. The van der Waals surface area contributed by atoms with E-state index >= 15 is 0 Å². The molecule has 118 valence electrons. The zero-order valence-electron chi connectivity index (χ0n) is 12.2. The Labute approximate surface area is 120 Å². The van der Waals surface area contributed by atoms with E-state index in [1.165, 1.54) is 20.8 Å². The van der Waals surface area contributed by atoms with Crippen LogP contribution in [0.5, 0.6) is 0 Å². The van der Waals surface area contributed by atoms with Crippen LogP contribution in [0.25, 0.3) is 0 Å². The van der Waals surface area contributed by atoms with Crippen molar-refractivity contribution >= 4 is 11.8 Å². The van der Waals surface area contributed by atoms with Gasteiger partial charge in [-0.15, -0.1) is 0 Å². The average Bonchev–Trinajstić information content (AvgIpc) is 2.38. The van der Waals surface area contributed by atoms with Gasteiger partial charge in [-0.3, -0.25) is 14.2 Å². The number of aromatic nitrogens is 2. The number of anilines is 1. The van der Waals surface area contributed by atoms with Crippen molar-refractivity contribution in [3.8, 4) is 0 Å². The number of hydrogen-bond acceptors (Lipinski definition) is 4. The van der Waals surface area contributed by atoms with Gasteiger partial charge in [-0.2, -0.15) is 0 Å². The highest BCUT2D eigenvalue weighted by Crippen LogP contribution is 2.38. The minimum Gasteiger partial charge on any atom is -0.480 e. The molecule has 0 fully saturated rings. The second-order valence-electron chi connectivity index (χ2n) is 5.43. The summed E-state index contributed by atoms with van der Waals surface area (Å²) >= 11 is 0. The minimum absolute atomic E-state index is 0.0662. The van der Waals surface area contributed by atoms with Crippen LogP contribution >= 0.6 is 0 Å². The molecule has 0 spiro atoms. The molecule has 0 aromatic carbocycles. The average molecular weight is 303 g/mol. The van der Waals surface area contributed by atoms with Crippen LogP contribution in [-0.4, -0.2) is 33.1 Å². The summed E-state index contributed by atoms with van der Waals surface area (Å²) in [5.41, 5.74) is -1.87. The molecule has 0 amide bonds. The third-order valence-electron chi connectivity index (χ3n) is 3.33. The maximum atomic E-state index is 13.7. The van der Waals surface area contributed by atoms with Crippen molar-refractivity contribution in [3.05, 3.63) is 22.7 Å². The molecule has 0 aliphatic rings. The number of carboxylic acids is 1. The standard InChI is InChI=1S/C13H19F2N3O3/c1-4-13(14,15)12(2,3)7-16-9-5-10(19)18(8-17-9)6-11(20)21/h5,8,16H,4,6-7H2,1-3H3,(H,20,21). The Morgan fingerprint density at radius 2 is 2.10 bits per heavy atom. The van der Waals surface area contributed by atoms with Crippen molar-refractivity contribution in [1.82, 2.24) is 9.55 Å².